The molecule has 3 rings (SSSR count). The molecule has 2 aromatic rings. The second-order valence-corrected chi connectivity index (χ2v) is 5.96. The molecular weight excluding hydrogens is 307 g/mol. The predicted octanol–water partition coefficient (Wildman–Crippen LogP) is 4.14. The van der Waals surface area contributed by atoms with Gasteiger partial charge in [-0.1, -0.05) is 24.3 Å². The van der Waals surface area contributed by atoms with Crippen LogP contribution in [0.3, 0.4) is 0 Å². The molecule has 24 heavy (non-hydrogen) atoms. The van der Waals surface area contributed by atoms with Crippen molar-refractivity contribution < 1.29 is 13.9 Å². The minimum absolute atomic E-state index is 0.107. The lowest BCUT2D eigenvalue weighted by Crippen LogP contribution is -2.44. The zero-order valence-corrected chi connectivity index (χ0v) is 13.7. The number of hydrogen-bond donors (Lipinski definition) is 1. The molecule has 1 fully saturated rings. The fourth-order valence-corrected chi connectivity index (χ4v) is 2.94. The number of methoxy groups -OCH3 is 1. The van der Waals surface area contributed by atoms with Crippen molar-refractivity contribution in [2.45, 2.75) is 18.9 Å². The second-order valence-electron chi connectivity index (χ2n) is 5.96. The van der Waals surface area contributed by atoms with Gasteiger partial charge >= 0.3 is 6.03 Å². The van der Waals surface area contributed by atoms with E-state index in [4.69, 9.17) is 4.74 Å². The van der Waals surface area contributed by atoms with E-state index in [2.05, 4.69) is 5.32 Å². The van der Waals surface area contributed by atoms with Gasteiger partial charge in [0.05, 0.1) is 6.10 Å². The molecule has 126 valence electrons. The number of carbonyl (C=O) groups is 1. The van der Waals surface area contributed by atoms with E-state index >= 15 is 0 Å². The number of likely N-dealkylation sites (tertiary alicyclic amines) is 1. The largest absolute Gasteiger partial charge is 0.380 e. The Labute approximate surface area is 141 Å². The number of amides is 2. The summed E-state index contributed by atoms with van der Waals surface area (Å²) >= 11 is 0. The van der Waals surface area contributed by atoms with Crippen molar-refractivity contribution in [2.75, 3.05) is 25.5 Å². The van der Waals surface area contributed by atoms with E-state index in [0.29, 0.717) is 6.54 Å². The quantitative estimate of drug-likeness (QED) is 0.920. The van der Waals surface area contributed by atoms with Crippen molar-refractivity contribution >= 4 is 11.7 Å². The molecule has 5 heteroatoms. The van der Waals surface area contributed by atoms with Crippen LogP contribution in [-0.2, 0) is 4.74 Å². The average Bonchev–Trinajstić information content (AvgIpc) is 2.62. The Hall–Kier alpha value is -2.40. The lowest BCUT2D eigenvalue weighted by Gasteiger charge is -2.31. The molecule has 1 atom stereocenters. The van der Waals surface area contributed by atoms with Crippen LogP contribution in [0.1, 0.15) is 12.8 Å². The number of rotatable bonds is 3. The Morgan fingerprint density at radius 3 is 2.75 bits per heavy atom. The highest BCUT2D eigenvalue weighted by Crippen LogP contribution is 2.23. The highest BCUT2D eigenvalue weighted by molar-refractivity contribution is 5.90. The summed E-state index contributed by atoms with van der Waals surface area (Å²) in [5, 5.41) is 2.94. The maximum absolute atomic E-state index is 13.0. The average molecular weight is 328 g/mol. The number of hydrogen-bond acceptors (Lipinski definition) is 2. The van der Waals surface area contributed by atoms with Gasteiger partial charge in [0, 0.05) is 25.9 Å². The van der Waals surface area contributed by atoms with Crippen LogP contribution in [0.25, 0.3) is 11.1 Å². The van der Waals surface area contributed by atoms with Crippen LogP contribution in [0.15, 0.2) is 48.5 Å². The maximum atomic E-state index is 13.0. The number of anilines is 1. The van der Waals surface area contributed by atoms with Crippen LogP contribution in [0, 0.1) is 5.82 Å². The topological polar surface area (TPSA) is 41.6 Å². The molecule has 0 radical (unpaired) electrons. The van der Waals surface area contributed by atoms with E-state index in [9.17, 15) is 9.18 Å². The summed E-state index contributed by atoms with van der Waals surface area (Å²) in [4.78, 5) is 14.2. The molecule has 2 aromatic carbocycles. The lowest BCUT2D eigenvalue weighted by atomic mass is 10.1. The molecule has 0 bridgehead atoms. The standard InChI is InChI=1S/C19H21FN2O2/c1-24-18-6-3-11-22(13-18)19(23)21-17-5-2-4-15(12-17)14-7-9-16(20)10-8-14/h2,4-5,7-10,12,18H,3,6,11,13H2,1H3,(H,21,23). The molecule has 1 heterocycles. The SMILES string of the molecule is COC1CCCN(C(=O)Nc2cccc(-c3ccc(F)cc3)c2)C1. The molecule has 0 saturated carbocycles. The Morgan fingerprint density at radius 2 is 2.00 bits per heavy atom. The number of benzene rings is 2. The Balaban J connectivity index is 1.70. The summed E-state index contributed by atoms with van der Waals surface area (Å²) in [6.45, 7) is 1.35. The first-order valence-electron chi connectivity index (χ1n) is 8.10. The number of nitrogens with one attached hydrogen (secondary N) is 1. The minimum atomic E-state index is -0.263. The molecule has 0 aliphatic carbocycles. The number of carbonyl (C=O) groups excluding carboxylic acids is 1. The number of halogens is 1. The molecule has 1 N–H and O–H groups in total. The van der Waals surface area contributed by atoms with E-state index in [1.807, 2.05) is 24.3 Å². The number of urea groups is 1. The van der Waals surface area contributed by atoms with Gasteiger partial charge in [-0.15, -0.1) is 0 Å². The van der Waals surface area contributed by atoms with Crippen molar-refractivity contribution in [2.24, 2.45) is 0 Å². The zero-order chi connectivity index (χ0) is 16.9. The fraction of sp³-hybridized carbons (Fsp3) is 0.316. The van der Waals surface area contributed by atoms with Crippen LogP contribution in [0.5, 0.6) is 0 Å². The first-order chi connectivity index (χ1) is 11.7. The molecule has 0 aromatic heterocycles. The van der Waals surface area contributed by atoms with Gasteiger partial charge in [-0.2, -0.15) is 0 Å². The molecule has 1 aliphatic heterocycles. The molecule has 1 saturated heterocycles. The van der Waals surface area contributed by atoms with Gasteiger partial charge in [0.25, 0.3) is 0 Å². The van der Waals surface area contributed by atoms with Crippen LogP contribution < -0.4 is 5.32 Å². The third-order valence-electron chi connectivity index (χ3n) is 4.29. The van der Waals surface area contributed by atoms with Gasteiger partial charge in [-0.05, 0) is 48.2 Å². The summed E-state index contributed by atoms with van der Waals surface area (Å²) in [5.74, 6) is -0.263. The van der Waals surface area contributed by atoms with E-state index in [1.54, 1.807) is 24.1 Å². The third kappa shape index (κ3) is 3.92. The molecule has 1 aliphatic rings. The fourth-order valence-electron chi connectivity index (χ4n) is 2.94. The van der Waals surface area contributed by atoms with Crippen LogP contribution in [0.4, 0.5) is 14.9 Å². The Bertz CT molecular complexity index is 703. The molecule has 4 nitrogen and oxygen atoms in total. The Morgan fingerprint density at radius 1 is 1.21 bits per heavy atom. The highest BCUT2D eigenvalue weighted by Gasteiger charge is 2.23. The predicted molar refractivity (Wildman–Crippen MR) is 92.5 cm³/mol. The van der Waals surface area contributed by atoms with Gasteiger partial charge in [0.15, 0.2) is 0 Å². The first-order valence-corrected chi connectivity index (χ1v) is 8.10. The van der Waals surface area contributed by atoms with Gasteiger partial charge in [-0.3, -0.25) is 0 Å². The van der Waals surface area contributed by atoms with Crippen molar-refractivity contribution in [3.05, 3.63) is 54.3 Å². The van der Waals surface area contributed by atoms with Gasteiger partial charge < -0.3 is 15.0 Å². The van der Waals surface area contributed by atoms with Gasteiger partial charge in [0.1, 0.15) is 5.82 Å². The molecule has 0 spiro atoms. The summed E-state index contributed by atoms with van der Waals surface area (Å²) < 4.78 is 18.4. The zero-order valence-electron chi connectivity index (χ0n) is 13.7. The normalized spacial score (nSPS) is 17.6. The minimum Gasteiger partial charge on any atom is -0.380 e. The van der Waals surface area contributed by atoms with Crippen molar-refractivity contribution in [3.8, 4) is 11.1 Å². The summed E-state index contributed by atoms with van der Waals surface area (Å²) in [6.07, 6.45) is 2.04. The van der Waals surface area contributed by atoms with Crippen LogP contribution in [0.2, 0.25) is 0 Å². The van der Waals surface area contributed by atoms with Crippen molar-refractivity contribution in [1.29, 1.82) is 0 Å². The second kappa shape index (κ2) is 7.45. The van der Waals surface area contributed by atoms with Crippen LogP contribution >= 0.6 is 0 Å². The summed E-state index contributed by atoms with van der Waals surface area (Å²) in [6, 6.07) is 13.7. The number of piperidine rings is 1. The highest BCUT2D eigenvalue weighted by atomic mass is 19.1. The first kappa shape index (κ1) is 16.5. The Kier molecular flexibility index (Phi) is 5.11. The van der Waals surface area contributed by atoms with E-state index in [-0.39, 0.29) is 18.0 Å². The van der Waals surface area contributed by atoms with E-state index < -0.39 is 0 Å². The number of ether oxygens (including phenoxy) is 1. The monoisotopic (exact) mass is 328 g/mol. The molecule has 1 unspecified atom stereocenters. The maximum Gasteiger partial charge on any atom is 0.321 e. The van der Waals surface area contributed by atoms with Gasteiger partial charge in [-0.25, -0.2) is 9.18 Å². The van der Waals surface area contributed by atoms with Crippen molar-refractivity contribution in [1.82, 2.24) is 4.90 Å². The lowest BCUT2D eigenvalue weighted by molar-refractivity contribution is 0.0458. The summed E-state index contributed by atoms with van der Waals surface area (Å²) in [5.41, 5.74) is 2.56. The van der Waals surface area contributed by atoms with Crippen LogP contribution in [-0.4, -0.2) is 37.2 Å². The smallest absolute Gasteiger partial charge is 0.321 e. The van der Waals surface area contributed by atoms with E-state index in [0.717, 1.165) is 36.2 Å². The number of nitrogens with zero attached hydrogens (tertiary/aromatic N) is 1. The summed E-state index contributed by atoms with van der Waals surface area (Å²) in [7, 11) is 1.68. The molecular formula is C19H21FN2O2. The van der Waals surface area contributed by atoms with E-state index in [1.165, 1.54) is 12.1 Å². The third-order valence-corrected chi connectivity index (χ3v) is 4.29. The van der Waals surface area contributed by atoms with Crippen molar-refractivity contribution in [3.63, 3.8) is 0 Å². The van der Waals surface area contributed by atoms with Gasteiger partial charge in [0.2, 0.25) is 0 Å². The molecule has 2 amide bonds.